The standard InChI is InChI=1S/C21H18N6/c1-14-12-15(2)26(24-14)13-19-22-23-21-18-11-7-6-10-17(18)20(25-27(19)21)16-8-4-3-5-9-16/h3-12H,13H2,1-2H3. The van der Waals surface area contributed by atoms with E-state index in [0.717, 1.165) is 44.9 Å². The highest BCUT2D eigenvalue weighted by atomic mass is 15.4. The van der Waals surface area contributed by atoms with Crippen LogP contribution < -0.4 is 0 Å². The monoisotopic (exact) mass is 354 g/mol. The summed E-state index contributed by atoms with van der Waals surface area (Å²) in [7, 11) is 0. The molecule has 0 N–H and O–H groups in total. The number of benzene rings is 2. The predicted octanol–water partition coefficient (Wildman–Crippen LogP) is 3.81. The molecule has 2 aromatic carbocycles. The summed E-state index contributed by atoms with van der Waals surface area (Å²) >= 11 is 0. The summed E-state index contributed by atoms with van der Waals surface area (Å²) in [6, 6.07) is 20.5. The first-order valence-corrected chi connectivity index (χ1v) is 8.90. The molecule has 0 fully saturated rings. The number of fused-ring (bicyclic) bond motifs is 3. The lowest BCUT2D eigenvalue weighted by molar-refractivity contribution is 0.617. The molecule has 0 spiro atoms. The van der Waals surface area contributed by atoms with E-state index in [2.05, 4.69) is 45.6 Å². The second-order valence-electron chi connectivity index (χ2n) is 6.70. The molecule has 6 nitrogen and oxygen atoms in total. The number of hydrogen-bond acceptors (Lipinski definition) is 4. The van der Waals surface area contributed by atoms with Gasteiger partial charge in [0.2, 0.25) is 0 Å². The van der Waals surface area contributed by atoms with Crippen molar-refractivity contribution in [1.29, 1.82) is 0 Å². The first-order valence-electron chi connectivity index (χ1n) is 8.90. The molecule has 3 aromatic heterocycles. The smallest absolute Gasteiger partial charge is 0.185 e. The third-order valence-corrected chi connectivity index (χ3v) is 4.77. The second-order valence-corrected chi connectivity index (χ2v) is 6.70. The third-order valence-electron chi connectivity index (χ3n) is 4.77. The van der Waals surface area contributed by atoms with Gasteiger partial charge in [0.05, 0.1) is 11.4 Å². The molecule has 0 amide bonds. The lowest BCUT2D eigenvalue weighted by Gasteiger charge is -2.09. The minimum absolute atomic E-state index is 0.528. The highest BCUT2D eigenvalue weighted by Crippen LogP contribution is 2.28. The molecular weight excluding hydrogens is 336 g/mol. The molecule has 3 heterocycles. The maximum atomic E-state index is 4.92. The van der Waals surface area contributed by atoms with Crippen molar-refractivity contribution >= 4 is 16.4 Å². The van der Waals surface area contributed by atoms with Crippen LogP contribution in [0.25, 0.3) is 27.7 Å². The number of rotatable bonds is 3. The van der Waals surface area contributed by atoms with Gasteiger partial charge in [-0.25, -0.2) is 0 Å². The summed E-state index contributed by atoms with van der Waals surface area (Å²) in [5, 5.41) is 20.4. The van der Waals surface area contributed by atoms with Gasteiger partial charge in [0.15, 0.2) is 11.5 Å². The van der Waals surface area contributed by atoms with E-state index < -0.39 is 0 Å². The molecule has 6 heteroatoms. The molecule has 0 saturated heterocycles. The Morgan fingerprint density at radius 1 is 0.815 bits per heavy atom. The molecule has 27 heavy (non-hydrogen) atoms. The summed E-state index contributed by atoms with van der Waals surface area (Å²) in [4.78, 5) is 0. The topological polar surface area (TPSA) is 60.9 Å². The number of nitrogens with zero attached hydrogens (tertiary/aromatic N) is 6. The van der Waals surface area contributed by atoms with Crippen molar-refractivity contribution in [3.05, 3.63) is 77.9 Å². The van der Waals surface area contributed by atoms with E-state index in [1.807, 2.05) is 53.4 Å². The van der Waals surface area contributed by atoms with E-state index in [-0.39, 0.29) is 0 Å². The van der Waals surface area contributed by atoms with Crippen LogP contribution in [-0.4, -0.2) is 29.6 Å². The number of hydrogen-bond donors (Lipinski definition) is 0. The van der Waals surface area contributed by atoms with Crippen LogP contribution in [-0.2, 0) is 6.54 Å². The van der Waals surface area contributed by atoms with Gasteiger partial charge in [-0.15, -0.1) is 10.2 Å². The van der Waals surface area contributed by atoms with Gasteiger partial charge < -0.3 is 0 Å². The highest BCUT2D eigenvalue weighted by molar-refractivity contribution is 6.01. The minimum Gasteiger partial charge on any atom is -0.262 e. The van der Waals surface area contributed by atoms with Crippen molar-refractivity contribution in [2.75, 3.05) is 0 Å². The Balaban J connectivity index is 1.76. The molecule has 0 atom stereocenters. The normalized spacial score (nSPS) is 11.5. The van der Waals surface area contributed by atoms with E-state index in [1.54, 1.807) is 0 Å². The van der Waals surface area contributed by atoms with Crippen LogP contribution in [0.15, 0.2) is 60.7 Å². The third kappa shape index (κ3) is 2.57. The van der Waals surface area contributed by atoms with Gasteiger partial charge in [-0.3, -0.25) is 4.68 Å². The lowest BCUT2D eigenvalue weighted by Crippen LogP contribution is -2.09. The molecule has 0 unspecified atom stereocenters. The summed E-state index contributed by atoms with van der Waals surface area (Å²) < 4.78 is 3.78. The fraction of sp³-hybridized carbons (Fsp3) is 0.143. The molecule has 5 aromatic rings. The van der Waals surface area contributed by atoms with Gasteiger partial charge in [-0.2, -0.15) is 14.7 Å². The quantitative estimate of drug-likeness (QED) is 0.494. The molecule has 0 aliphatic carbocycles. The van der Waals surface area contributed by atoms with Crippen molar-refractivity contribution in [2.45, 2.75) is 20.4 Å². The summed E-state index contributed by atoms with van der Waals surface area (Å²) in [6.07, 6.45) is 0. The van der Waals surface area contributed by atoms with E-state index in [1.165, 1.54) is 0 Å². The van der Waals surface area contributed by atoms with Gasteiger partial charge in [-0.05, 0) is 19.9 Å². The van der Waals surface area contributed by atoms with Gasteiger partial charge in [0.1, 0.15) is 6.54 Å². The van der Waals surface area contributed by atoms with E-state index in [0.29, 0.717) is 6.54 Å². The Bertz CT molecular complexity index is 1270. The van der Waals surface area contributed by atoms with E-state index in [4.69, 9.17) is 5.10 Å². The van der Waals surface area contributed by atoms with Crippen LogP contribution in [0.3, 0.4) is 0 Å². The van der Waals surface area contributed by atoms with Crippen LogP contribution in [0, 0.1) is 13.8 Å². The van der Waals surface area contributed by atoms with Gasteiger partial charge in [0.25, 0.3) is 0 Å². The first kappa shape index (κ1) is 15.7. The fourth-order valence-electron chi connectivity index (χ4n) is 3.50. The number of aryl methyl sites for hydroxylation is 2. The summed E-state index contributed by atoms with van der Waals surface area (Å²) in [6.45, 7) is 4.56. The van der Waals surface area contributed by atoms with Crippen LogP contribution in [0.5, 0.6) is 0 Å². The lowest BCUT2D eigenvalue weighted by atomic mass is 10.1. The number of aromatic nitrogens is 6. The maximum absolute atomic E-state index is 4.92. The summed E-state index contributed by atoms with van der Waals surface area (Å²) in [5.74, 6) is 0.763. The zero-order chi connectivity index (χ0) is 18.4. The van der Waals surface area contributed by atoms with E-state index >= 15 is 0 Å². The minimum atomic E-state index is 0.528. The van der Waals surface area contributed by atoms with Crippen LogP contribution in [0.1, 0.15) is 17.2 Å². The summed E-state index contributed by atoms with van der Waals surface area (Å²) in [5.41, 5.74) is 4.84. The Hall–Kier alpha value is -3.54. The fourth-order valence-corrected chi connectivity index (χ4v) is 3.50. The Labute approximate surface area is 156 Å². The van der Waals surface area contributed by atoms with Crippen LogP contribution >= 0.6 is 0 Å². The zero-order valence-corrected chi connectivity index (χ0v) is 15.2. The van der Waals surface area contributed by atoms with Gasteiger partial charge in [-0.1, -0.05) is 54.6 Å². The molecule has 132 valence electrons. The van der Waals surface area contributed by atoms with Crippen molar-refractivity contribution in [1.82, 2.24) is 29.6 Å². The molecular formula is C21H18N6. The predicted molar refractivity (Wildman–Crippen MR) is 105 cm³/mol. The van der Waals surface area contributed by atoms with Crippen molar-refractivity contribution in [2.24, 2.45) is 0 Å². The SMILES string of the molecule is Cc1cc(C)n(Cc2nnc3c4ccccc4c(-c4ccccc4)nn23)n1. The van der Waals surface area contributed by atoms with Crippen LogP contribution in [0.2, 0.25) is 0 Å². The molecule has 0 radical (unpaired) electrons. The van der Waals surface area contributed by atoms with E-state index in [9.17, 15) is 0 Å². The average Bonchev–Trinajstić information content (AvgIpc) is 3.24. The van der Waals surface area contributed by atoms with Crippen LogP contribution in [0.4, 0.5) is 0 Å². The van der Waals surface area contributed by atoms with Crippen molar-refractivity contribution < 1.29 is 0 Å². The Morgan fingerprint density at radius 3 is 2.30 bits per heavy atom. The Kier molecular flexibility index (Phi) is 3.50. The first-order chi connectivity index (χ1) is 13.2. The maximum Gasteiger partial charge on any atom is 0.185 e. The largest absolute Gasteiger partial charge is 0.262 e. The average molecular weight is 354 g/mol. The molecule has 0 bridgehead atoms. The van der Waals surface area contributed by atoms with Gasteiger partial charge in [0, 0.05) is 22.0 Å². The van der Waals surface area contributed by atoms with Crippen molar-refractivity contribution in [3.63, 3.8) is 0 Å². The zero-order valence-electron chi connectivity index (χ0n) is 15.2. The molecule has 5 rings (SSSR count). The molecule has 0 aliphatic rings. The van der Waals surface area contributed by atoms with Crippen molar-refractivity contribution in [3.8, 4) is 11.3 Å². The highest BCUT2D eigenvalue weighted by Gasteiger charge is 2.16. The Morgan fingerprint density at radius 2 is 1.56 bits per heavy atom. The second kappa shape index (κ2) is 6.02. The molecule has 0 aliphatic heterocycles. The van der Waals surface area contributed by atoms with Gasteiger partial charge >= 0.3 is 0 Å². The molecule has 0 saturated carbocycles.